The van der Waals surface area contributed by atoms with Crippen molar-refractivity contribution in [2.24, 2.45) is 23.7 Å². The molecule has 9 nitrogen and oxygen atoms in total. The molecular formula is C33H27ClFN3O6. The number of phenols is 1. The highest BCUT2D eigenvalue weighted by Crippen LogP contribution is 2.64. The molecule has 44 heavy (non-hydrogen) atoms. The smallest absolute Gasteiger partial charge is 0.260 e. The van der Waals surface area contributed by atoms with E-state index < -0.39 is 58.5 Å². The number of carbonyl (C=O) groups excluding carboxylic acids is 4. The zero-order valence-electron chi connectivity index (χ0n) is 23.4. The monoisotopic (exact) mass is 615 g/mol. The number of rotatable bonds is 5. The zero-order chi connectivity index (χ0) is 30.9. The quantitative estimate of drug-likeness (QED) is 0.286. The Morgan fingerprint density at radius 1 is 1.00 bits per heavy atom. The second-order valence-corrected chi connectivity index (χ2v) is 12.1. The van der Waals surface area contributed by atoms with E-state index in [1.807, 2.05) is 6.08 Å². The predicted octanol–water partition coefficient (Wildman–Crippen LogP) is 4.47. The van der Waals surface area contributed by atoms with Crippen molar-refractivity contribution in [3.05, 3.63) is 100 Å². The van der Waals surface area contributed by atoms with Gasteiger partial charge in [-0.05, 0) is 66.8 Å². The fourth-order valence-corrected chi connectivity index (χ4v) is 7.93. The Kier molecular flexibility index (Phi) is 6.51. The SMILES string of the molecule is COc1ccc(C2C3=CCC4C(=O)NC(=O)C4C3CC3C(=O)N(Nc4ccc(F)cc4)C(=O)C32c2ccc(Cl)cc2)c(O)c1. The molecule has 1 saturated carbocycles. The maximum atomic E-state index is 14.9. The first kappa shape index (κ1) is 28.1. The number of ether oxygens (including phenoxy) is 1. The molecule has 0 aromatic heterocycles. The van der Waals surface area contributed by atoms with Gasteiger partial charge >= 0.3 is 0 Å². The summed E-state index contributed by atoms with van der Waals surface area (Å²) < 4.78 is 19.0. The Balaban J connectivity index is 1.48. The summed E-state index contributed by atoms with van der Waals surface area (Å²) in [6.07, 6.45) is 2.26. The number of anilines is 1. The zero-order valence-corrected chi connectivity index (χ0v) is 24.2. The van der Waals surface area contributed by atoms with Gasteiger partial charge in [0.2, 0.25) is 11.8 Å². The highest BCUT2D eigenvalue weighted by molar-refractivity contribution is 6.30. The van der Waals surface area contributed by atoms with Crippen molar-refractivity contribution in [1.29, 1.82) is 0 Å². The number of amides is 4. The Bertz CT molecular complexity index is 1760. The third-order valence-corrected chi connectivity index (χ3v) is 9.90. The van der Waals surface area contributed by atoms with E-state index in [2.05, 4.69) is 10.7 Å². The number of hydrazine groups is 1. The van der Waals surface area contributed by atoms with Crippen molar-refractivity contribution in [3.63, 3.8) is 0 Å². The molecule has 2 aliphatic carbocycles. The molecule has 2 heterocycles. The third kappa shape index (κ3) is 3.97. The number of phenolic OH excluding ortho intramolecular Hbond substituents is 1. The van der Waals surface area contributed by atoms with Crippen molar-refractivity contribution >= 4 is 40.9 Å². The summed E-state index contributed by atoms with van der Waals surface area (Å²) in [7, 11) is 1.47. The molecular weight excluding hydrogens is 589 g/mol. The van der Waals surface area contributed by atoms with Gasteiger partial charge in [0.25, 0.3) is 11.8 Å². The summed E-state index contributed by atoms with van der Waals surface area (Å²) >= 11 is 6.27. The van der Waals surface area contributed by atoms with Crippen LogP contribution in [0.25, 0.3) is 0 Å². The number of carbonyl (C=O) groups is 4. The van der Waals surface area contributed by atoms with Crippen molar-refractivity contribution < 1.29 is 33.4 Å². The van der Waals surface area contributed by atoms with Crippen LogP contribution in [-0.2, 0) is 24.6 Å². The van der Waals surface area contributed by atoms with Crippen LogP contribution >= 0.6 is 11.6 Å². The molecule has 4 aliphatic rings. The van der Waals surface area contributed by atoms with E-state index in [0.29, 0.717) is 33.2 Å². The van der Waals surface area contributed by atoms with Gasteiger partial charge in [0.05, 0.1) is 36.0 Å². The van der Waals surface area contributed by atoms with Crippen LogP contribution in [-0.4, -0.2) is 40.9 Å². The number of hydrogen-bond acceptors (Lipinski definition) is 7. The molecule has 0 bridgehead atoms. The number of benzene rings is 3. The topological polar surface area (TPSA) is 125 Å². The van der Waals surface area contributed by atoms with Gasteiger partial charge in [0.1, 0.15) is 17.3 Å². The predicted molar refractivity (Wildman–Crippen MR) is 157 cm³/mol. The standard InChI is InChI=1S/C33H27ClFN3O6/c1-44-20-10-11-22(26(39)14-20)28-21-12-13-23-27(30(41)36-29(23)40)24(21)15-25-31(42)38(37-19-8-6-18(35)7-9-19)32(43)33(25,28)16-2-4-17(34)5-3-16/h2-12,14,23-25,27-28,37,39H,13,15H2,1H3,(H,36,40,41). The maximum absolute atomic E-state index is 14.9. The Morgan fingerprint density at radius 2 is 1.73 bits per heavy atom. The average molecular weight is 616 g/mol. The van der Waals surface area contributed by atoms with Crippen LogP contribution in [0.15, 0.2) is 78.4 Å². The number of aromatic hydroxyl groups is 1. The van der Waals surface area contributed by atoms with E-state index in [4.69, 9.17) is 16.3 Å². The average Bonchev–Trinajstić information content (AvgIpc) is 3.42. The van der Waals surface area contributed by atoms with Gasteiger partial charge in [-0.2, -0.15) is 5.01 Å². The molecule has 0 radical (unpaired) electrons. The van der Waals surface area contributed by atoms with Crippen LogP contribution in [0.1, 0.15) is 29.9 Å². The van der Waals surface area contributed by atoms with E-state index in [0.717, 1.165) is 5.01 Å². The Labute approximate surface area is 256 Å². The van der Waals surface area contributed by atoms with Crippen LogP contribution in [0, 0.1) is 29.5 Å². The van der Waals surface area contributed by atoms with Crippen molar-refractivity contribution in [2.75, 3.05) is 12.5 Å². The summed E-state index contributed by atoms with van der Waals surface area (Å²) in [4.78, 5) is 55.2. The normalized spacial score (nSPS) is 29.0. The molecule has 4 amide bonds. The van der Waals surface area contributed by atoms with E-state index in [1.54, 1.807) is 36.4 Å². The molecule has 2 aliphatic heterocycles. The molecule has 11 heteroatoms. The molecule has 0 spiro atoms. The first-order valence-electron chi connectivity index (χ1n) is 14.2. The molecule has 2 saturated heterocycles. The van der Waals surface area contributed by atoms with Gasteiger partial charge in [-0.15, -0.1) is 0 Å². The van der Waals surface area contributed by atoms with E-state index >= 15 is 0 Å². The molecule has 3 N–H and O–H groups in total. The number of imide groups is 2. The van der Waals surface area contributed by atoms with Gasteiger partial charge < -0.3 is 9.84 Å². The van der Waals surface area contributed by atoms with Gasteiger partial charge in [0, 0.05) is 22.6 Å². The molecule has 7 rings (SSSR count). The highest BCUT2D eigenvalue weighted by atomic mass is 35.5. The number of halogens is 2. The molecule has 224 valence electrons. The lowest BCUT2D eigenvalue weighted by Gasteiger charge is -2.50. The Hall–Kier alpha value is -4.70. The lowest BCUT2D eigenvalue weighted by Crippen LogP contribution is -2.53. The number of nitrogens with one attached hydrogen (secondary N) is 2. The van der Waals surface area contributed by atoms with Crippen LogP contribution in [0.3, 0.4) is 0 Å². The molecule has 3 aromatic carbocycles. The van der Waals surface area contributed by atoms with Crippen LogP contribution in [0.4, 0.5) is 10.1 Å². The minimum absolute atomic E-state index is 0.107. The lowest BCUT2D eigenvalue weighted by atomic mass is 9.49. The van der Waals surface area contributed by atoms with E-state index in [9.17, 15) is 28.7 Å². The minimum Gasteiger partial charge on any atom is -0.508 e. The summed E-state index contributed by atoms with van der Waals surface area (Å²) in [5.41, 5.74) is 3.20. The summed E-state index contributed by atoms with van der Waals surface area (Å²) in [6.45, 7) is 0. The molecule has 6 atom stereocenters. The number of allylic oxidation sites excluding steroid dienone is 2. The minimum atomic E-state index is -1.57. The summed E-state index contributed by atoms with van der Waals surface area (Å²) in [5.74, 6) is -5.91. The first-order valence-corrected chi connectivity index (χ1v) is 14.6. The van der Waals surface area contributed by atoms with Crippen LogP contribution < -0.4 is 15.5 Å². The number of fused-ring (bicyclic) bond motifs is 4. The van der Waals surface area contributed by atoms with Gasteiger partial charge in [0.15, 0.2) is 0 Å². The summed E-state index contributed by atoms with van der Waals surface area (Å²) in [5, 5.41) is 15.3. The molecule has 6 unspecified atom stereocenters. The van der Waals surface area contributed by atoms with Gasteiger partial charge in [-0.1, -0.05) is 41.4 Å². The van der Waals surface area contributed by atoms with Crippen LogP contribution in [0.2, 0.25) is 5.02 Å². The van der Waals surface area contributed by atoms with Crippen molar-refractivity contribution in [1.82, 2.24) is 10.3 Å². The largest absolute Gasteiger partial charge is 0.508 e. The van der Waals surface area contributed by atoms with Gasteiger partial charge in [-0.25, -0.2) is 4.39 Å². The van der Waals surface area contributed by atoms with E-state index in [-0.39, 0.29) is 24.5 Å². The van der Waals surface area contributed by atoms with Crippen LogP contribution in [0.5, 0.6) is 11.5 Å². The molecule has 3 fully saturated rings. The first-order chi connectivity index (χ1) is 21.1. The van der Waals surface area contributed by atoms with Crippen molar-refractivity contribution in [2.45, 2.75) is 24.2 Å². The molecule has 3 aromatic rings. The Morgan fingerprint density at radius 3 is 2.41 bits per heavy atom. The number of hydrogen-bond donors (Lipinski definition) is 3. The van der Waals surface area contributed by atoms with Gasteiger partial charge in [-0.3, -0.25) is 29.9 Å². The highest BCUT2D eigenvalue weighted by Gasteiger charge is 2.70. The van der Waals surface area contributed by atoms with E-state index in [1.165, 1.54) is 37.4 Å². The second kappa shape index (κ2) is 10.2. The van der Waals surface area contributed by atoms with Crippen molar-refractivity contribution in [3.8, 4) is 11.5 Å². The number of methoxy groups -OCH3 is 1. The number of nitrogens with zero attached hydrogens (tertiary/aromatic N) is 1. The fourth-order valence-electron chi connectivity index (χ4n) is 7.81. The second-order valence-electron chi connectivity index (χ2n) is 11.7. The summed E-state index contributed by atoms with van der Waals surface area (Å²) in [6, 6.07) is 16.7. The maximum Gasteiger partial charge on any atom is 0.260 e. The third-order valence-electron chi connectivity index (χ3n) is 9.65. The fraction of sp³-hybridized carbons (Fsp3) is 0.273. The lowest BCUT2D eigenvalue weighted by molar-refractivity contribution is -0.138.